The highest BCUT2D eigenvalue weighted by Gasteiger charge is 2.01. The van der Waals surface area contributed by atoms with Crippen LogP contribution >= 0.6 is 0 Å². The molecule has 0 saturated heterocycles. The van der Waals surface area contributed by atoms with Gasteiger partial charge in [0, 0.05) is 5.56 Å². The fourth-order valence-electron chi connectivity index (χ4n) is 1.27. The molecule has 0 heterocycles. The van der Waals surface area contributed by atoms with E-state index >= 15 is 0 Å². The largest absolute Gasteiger partial charge is 0.295 e. The molecule has 0 unspecified atom stereocenters. The Balaban J connectivity index is 0.000000791. The standard InChI is InChI=1S/C11H14O.C2H6/c1-4-10-7-11(9(3)12)6-5-8(10)2;1-2/h5-7H,4H2,1-3H3;1-2H3. The molecule has 0 aliphatic heterocycles. The predicted octanol–water partition coefficient (Wildman–Crippen LogP) is 3.79. The highest BCUT2D eigenvalue weighted by atomic mass is 16.1. The van der Waals surface area contributed by atoms with E-state index in [1.54, 1.807) is 6.92 Å². The van der Waals surface area contributed by atoms with Gasteiger partial charge in [0.1, 0.15) is 0 Å². The number of ketones is 1. The average molecular weight is 192 g/mol. The van der Waals surface area contributed by atoms with E-state index in [4.69, 9.17) is 0 Å². The van der Waals surface area contributed by atoms with Gasteiger partial charge in [0.25, 0.3) is 0 Å². The van der Waals surface area contributed by atoms with Crippen LogP contribution in [0.15, 0.2) is 18.2 Å². The lowest BCUT2D eigenvalue weighted by Gasteiger charge is -2.03. The molecular formula is C13H20O. The zero-order valence-electron chi connectivity index (χ0n) is 9.85. The monoisotopic (exact) mass is 192 g/mol. The first-order valence-corrected chi connectivity index (χ1v) is 5.25. The van der Waals surface area contributed by atoms with E-state index in [9.17, 15) is 4.79 Å². The number of carbonyl (C=O) groups is 1. The number of carbonyl (C=O) groups excluding carboxylic acids is 1. The van der Waals surface area contributed by atoms with Crippen molar-refractivity contribution in [3.63, 3.8) is 0 Å². The highest BCUT2D eigenvalue weighted by molar-refractivity contribution is 5.94. The van der Waals surface area contributed by atoms with Gasteiger partial charge in [-0.1, -0.05) is 32.9 Å². The van der Waals surface area contributed by atoms with Crippen LogP contribution in [0.2, 0.25) is 0 Å². The number of hydrogen-bond donors (Lipinski definition) is 0. The molecule has 14 heavy (non-hydrogen) atoms. The molecule has 0 aliphatic carbocycles. The number of benzene rings is 1. The first-order valence-electron chi connectivity index (χ1n) is 5.25. The quantitative estimate of drug-likeness (QED) is 0.652. The second-order valence-electron chi connectivity index (χ2n) is 3.05. The maximum atomic E-state index is 11.0. The van der Waals surface area contributed by atoms with Crippen molar-refractivity contribution in [1.29, 1.82) is 0 Å². The zero-order chi connectivity index (χ0) is 11.1. The Morgan fingerprint density at radius 3 is 2.29 bits per heavy atom. The Kier molecular flexibility index (Phi) is 5.86. The summed E-state index contributed by atoms with van der Waals surface area (Å²) in [6.07, 6.45) is 0.993. The third kappa shape index (κ3) is 3.33. The molecule has 1 heteroatoms. The molecule has 0 atom stereocenters. The lowest BCUT2D eigenvalue weighted by Crippen LogP contribution is -1.95. The molecule has 1 aromatic carbocycles. The third-order valence-corrected chi connectivity index (χ3v) is 2.14. The van der Waals surface area contributed by atoms with Crippen LogP contribution < -0.4 is 0 Å². The van der Waals surface area contributed by atoms with E-state index in [1.807, 2.05) is 32.0 Å². The predicted molar refractivity (Wildman–Crippen MR) is 61.9 cm³/mol. The van der Waals surface area contributed by atoms with Crippen LogP contribution in [0.5, 0.6) is 0 Å². The summed E-state index contributed by atoms with van der Waals surface area (Å²) in [5, 5.41) is 0. The maximum Gasteiger partial charge on any atom is 0.159 e. The second kappa shape index (κ2) is 6.36. The van der Waals surface area contributed by atoms with E-state index in [0.717, 1.165) is 12.0 Å². The Morgan fingerprint density at radius 1 is 1.29 bits per heavy atom. The number of rotatable bonds is 2. The third-order valence-electron chi connectivity index (χ3n) is 2.14. The second-order valence-corrected chi connectivity index (χ2v) is 3.05. The molecule has 0 fully saturated rings. The van der Waals surface area contributed by atoms with Crippen molar-refractivity contribution in [1.82, 2.24) is 0 Å². The summed E-state index contributed by atoms with van der Waals surface area (Å²) in [5.41, 5.74) is 3.35. The van der Waals surface area contributed by atoms with Gasteiger partial charge in [-0.05, 0) is 37.5 Å². The van der Waals surface area contributed by atoms with Gasteiger partial charge >= 0.3 is 0 Å². The van der Waals surface area contributed by atoms with Gasteiger partial charge in [0.15, 0.2) is 5.78 Å². The molecule has 0 aliphatic rings. The summed E-state index contributed by atoms with van der Waals surface area (Å²) in [7, 11) is 0. The summed E-state index contributed by atoms with van der Waals surface area (Å²) in [6.45, 7) is 9.78. The van der Waals surface area contributed by atoms with Gasteiger partial charge in [-0.25, -0.2) is 0 Å². The minimum absolute atomic E-state index is 0.143. The molecule has 0 N–H and O–H groups in total. The molecule has 78 valence electrons. The molecule has 0 aromatic heterocycles. The Labute approximate surface area is 87.2 Å². The van der Waals surface area contributed by atoms with Crippen molar-refractivity contribution < 1.29 is 4.79 Å². The minimum Gasteiger partial charge on any atom is -0.295 e. The Morgan fingerprint density at radius 2 is 1.86 bits per heavy atom. The highest BCUT2D eigenvalue weighted by Crippen LogP contribution is 2.11. The summed E-state index contributed by atoms with van der Waals surface area (Å²) in [4.78, 5) is 11.0. The van der Waals surface area contributed by atoms with Gasteiger partial charge in [0.2, 0.25) is 0 Å². The van der Waals surface area contributed by atoms with Crippen LogP contribution in [-0.2, 0) is 6.42 Å². The molecule has 0 amide bonds. The van der Waals surface area contributed by atoms with Crippen molar-refractivity contribution in [3.05, 3.63) is 34.9 Å². The molecule has 0 bridgehead atoms. The Hall–Kier alpha value is -1.11. The molecule has 1 aromatic rings. The normalized spacial score (nSPS) is 8.93. The van der Waals surface area contributed by atoms with E-state index < -0.39 is 0 Å². The van der Waals surface area contributed by atoms with Gasteiger partial charge in [-0.15, -0.1) is 0 Å². The first kappa shape index (κ1) is 12.9. The van der Waals surface area contributed by atoms with E-state index in [-0.39, 0.29) is 5.78 Å². The lowest BCUT2D eigenvalue weighted by molar-refractivity contribution is 0.101. The van der Waals surface area contributed by atoms with Gasteiger partial charge in [0.05, 0.1) is 0 Å². The first-order chi connectivity index (χ1) is 6.65. The lowest BCUT2D eigenvalue weighted by atomic mass is 10.0. The molecule has 0 spiro atoms. The van der Waals surface area contributed by atoms with Crippen molar-refractivity contribution in [2.45, 2.75) is 41.0 Å². The molecular weight excluding hydrogens is 172 g/mol. The van der Waals surface area contributed by atoms with Crippen LogP contribution in [0.25, 0.3) is 0 Å². The molecule has 0 saturated carbocycles. The van der Waals surface area contributed by atoms with Crippen LogP contribution in [0.1, 0.15) is 49.2 Å². The molecule has 0 radical (unpaired) electrons. The number of Topliss-reactive ketones (excluding diaryl/α,β-unsaturated/α-hetero) is 1. The smallest absolute Gasteiger partial charge is 0.159 e. The van der Waals surface area contributed by atoms with E-state index in [1.165, 1.54) is 11.1 Å². The maximum absolute atomic E-state index is 11.0. The topological polar surface area (TPSA) is 17.1 Å². The van der Waals surface area contributed by atoms with Crippen molar-refractivity contribution in [2.75, 3.05) is 0 Å². The van der Waals surface area contributed by atoms with Crippen molar-refractivity contribution >= 4 is 5.78 Å². The zero-order valence-corrected chi connectivity index (χ0v) is 9.85. The van der Waals surface area contributed by atoms with Crippen molar-refractivity contribution in [3.8, 4) is 0 Å². The van der Waals surface area contributed by atoms with E-state index in [2.05, 4.69) is 13.8 Å². The van der Waals surface area contributed by atoms with Crippen LogP contribution in [-0.4, -0.2) is 5.78 Å². The minimum atomic E-state index is 0.143. The van der Waals surface area contributed by atoms with Gasteiger partial charge in [-0.3, -0.25) is 4.79 Å². The van der Waals surface area contributed by atoms with Gasteiger partial charge < -0.3 is 0 Å². The number of hydrogen-bond acceptors (Lipinski definition) is 1. The van der Waals surface area contributed by atoms with Crippen LogP contribution in [0.3, 0.4) is 0 Å². The summed E-state index contributed by atoms with van der Waals surface area (Å²) in [6, 6.07) is 5.88. The average Bonchev–Trinajstić information content (AvgIpc) is 2.21. The van der Waals surface area contributed by atoms with E-state index in [0.29, 0.717) is 0 Å². The van der Waals surface area contributed by atoms with Crippen LogP contribution in [0.4, 0.5) is 0 Å². The van der Waals surface area contributed by atoms with Crippen molar-refractivity contribution in [2.24, 2.45) is 0 Å². The summed E-state index contributed by atoms with van der Waals surface area (Å²) < 4.78 is 0. The SMILES string of the molecule is CC.CCc1cc(C(C)=O)ccc1C. The fourth-order valence-corrected chi connectivity index (χ4v) is 1.27. The fraction of sp³-hybridized carbons (Fsp3) is 0.462. The summed E-state index contributed by atoms with van der Waals surface area (Å²) in [5.74, 6) is 0.143. The van der Waals surface area contributed by atoms with Gasteiger partial charge in [-0.2, -0.15) is 0 Å². The van der Waals surface area contributed by atoms with Crippen LogP contribution in [0, 0.1) is 6.92 Å². The number of aryl methyl sites for hydroxylation is 2. The summed E-state index contributed by atoms with van der Waals surface area (Å²) >= 11 is 0. The Bertz CT molecular complexity index is 300. The molecule has 1 nitrogen and oxygen atoms in total. The molecule has 1 rings (SSSR count).